The molecule has 0 saturated carbocycles. The maximum Gasteiger partial charge on any atom is 0.305 e. The number of thiazole rings is 1. The summed E-state index contributed by atoms with van der Waals surface area (Å²) >= 11 is 14.1. The van der Waals surface area contributed by atoms with Crippen molar-refractivity contribution in [1.29, 1.82) is 0 Å². The van der Waals surface area contributed by atoms with Gasteiger partial charge < -0.3 is 15.0 Å². The number of aromatic nitrogens is 1. The summed E-state index contributed by atoms with van der Waals surface area (Å²) in [6.45, 7) is -0.296. The van der Waals surface area contributed by atoms with Gasteiger partial charge in [-0.1, -0.05) is 64.5 Å². The summed E-state index contributed by atoms with van der Waals surface area (Å²) in [4.78, 5) is 56.9. The number of thioether (sulfide) groups is 1. The van der Waals surface area contributed by atoms with Crippen molar-refractivity contribution in [1.82, 2.24) is 4.98 Å². The molecule has 202 valence electrons. The smallest absolute Gasteiger partial charge is 0.305 e. The Morgan fingerprint density at radius 1 is 0.925 bits per heavy atom. The molecule has 4 aromatic rings. The number of rotatable bonds is 6. The number of fused-ring (bicyclic) bond motifs is 2. The lowest BCUT2D eigenvalue weighted by Gasteiger charge is -2.30. The number of ether oxygens (including phenoxy) is 1. The highest BCUT2D eigenvalue weighted by atomic mass is 35.5. The zero-order valence-corrected chi connectivity index (χ0v) is 23.6. The van der Waals surface area contributed by atoms with Gasteiger partial charge in [-0.15, -0.1) is 0 Å². The van der Waals surface area contributed by atoms with E-state index in [2.05, 4.69) is 10.3 Å². The maximum absolute atomic E-state index is 13.9. The number of aromatic amines is 1. The van der Waals surface area contributed by atoms with E-state index in [-0.39, 0.29) is 29.2 Å². The third-order valence-corrected chi connectivity index (χ3v) is 9.55. The second kappa shape index (κ2) is 10.8. The summed E-state index contributed by atoms with van der Waals surface area (Å²) in [6.07, 6.45) is 0. The standard InChI is InChI=1S/C28H19Cl2N3O5S2/c29-14-5-9-16(10-6-14)31-20(34)13-38-19-4-2-1-3-18(19)21-22-24(39-25-23(21)40-28(37)32-25)27(36)33(26(22)35)17-11-7-15(30)8-12-17/h1-12,21-22,24H,13H2,(H,31,34)(H,32,37). The predicted octanol–water partition coefficient (Wildman–Crippen LogP) is 5.56. The van der Waals surface area contributed by atoms with Crippen molar-refractivity contribution >= 4 is 75.4 Å². The van der Waals surface area contributed by atoms with Crippen LogP contribution in [-0.2, 0) is 14.4 Å². The number of H-pyrrole nitrogens is 1. The third kappa shape index (κ3) is 4.92. The lowest BCUT2D eigenvalue weighted by atomic mass is 9.82. The number of para-hydroxylation sites is 1. The van der Waals surface area contributed by atoms with Crippen LogP contribution in [0.25, 0.3) is 0 Å². The quantitative estimate of drug-likeness (QED) is 0.276. The van der Waals surface area contributed by atoms with Gasteiger partial charge in [0, 0.05) is 32.1 Å². The Hall–Kier alpha value is -3.57. The molecule has 8 nitrogen and oxygen atoms in total. The Labute approximate surface area is 246 Å². The third-order valence-electron chi connectivity index (χ3n) is 6.65. The maximum atomic E-state index is 13.9. The molecule has 0 aliphatic carbocycles. The lowest BCUT2D eigenvalue weighted by molar-refractivity contribution is -0.122. The average Bonchev–Trinajstić information content (AvgIpc) is 3.44. The topological polar surface area (TPSA) is 109 Å². The summed E-state index contributed by atoms with van der Waals surface area (Å²) in [5.41, 5.74) is 1.60. The molecule has 3 aromatic carbocycles. The second-order valence-corrected chi connectivity index (χ2v) is 12.2. The molecule has 6 rings (SSSR count). The van der Waals surface area contributed by atoms with E-state index >= 15 is 0 Å². The van der Waals surface area contributed by atoms with Crippen LogP contribution in [0.1, 0.15) is 16.4 Å². The number of anilines is 2. The predicted molar refractivity (Wildman–Crippen MR) is 156 cm³/mol. The molecule has 3 unspecified atom stereocenters. The van der Waals surface area contributed by atoms with Crippen LogP contribution in [0, 0.1) is 5.92 Å². The van der Waals surface area contributed by atoms with Crippen LogP contribution in [-0.4, -0.2) is 34.6 Å². The molecule has 2 aliphatic rings. The van der Waals surface area contributed by atoms with E-state index in [4.69, 9.17) is 27.9 Å². The van der Waals surface area contributed by atoms with Crippen LogP contribution in [0.15, 0.2) is 82.6 Å². The molecular weight excluding hydrogens is 593 g/mol. The van der Waals surface area contributed by atoms with Gasteiger partial charge in [-0.3, -0.25) is 19.2 Å². The lowest BCUT2D eigenvalue weighted by Crippen LogP contribution is -2.32. The molecule has 1 aromatic heterocycles. The molecule has 40 heavy (non-hydrogen) atoms. The Kier molecular flexibility index (Phi) is 7.18. The number of imide groups is 1. The zero-order chi connectivity index (χ0) is 28.0. The summed E-state index contributed by atoms with van der Waals surface area (Å²) < 4.78 is 5.95. The number of nitrogens with one attached hydrogen (secondary N) is 2. The number of amides is 3. The normalized spacial score (nSPS) is 19.8. The molecule has 1 fully saturated rings. The van der Waals surface area contributed by atoms with E-state index in [9.17, 15) is 19.2 Å². The monoisotopic (exact) mass is 611 g/mol. The van der Waals surface area contributed by atoms with Gasteiger partial charge in [-0.25, -0.2) is 4.90 Å². The fourth-order valence-electron chi connectivity index (χ4n) is 4.94. The van der Waals surface area contributed by atoms with Crippen LogP contribution in [0.5, 0.6) is 5.75 Å². The van der Waals surface area contributed by atoms with E-state index in [1.54, 1.807) is 72.8 Å². The fraction of sp³-hybridized carbons (Fsp3) is 0.143. The van der Waals surface area contributed by atoms with E-state index in [0.29, 0.717) is 42.6 Å². The molecule has 0 spiro atoms. The van der Waals surface area contributed by atoms with Crippen molar-refractivity contribution < 1.29 is 19.1 Å². The number of nitrogens with zero attached hydrogens (tertiary/aromatic N) is 1. The van der Waals surface area contributed by atoms with E-state index in [0.717, 1.165) is 11.3 Å². The van der Waals surface area contributed by atoms with Gasteiger partial charge >= 0.3 is 4.87 Å². The first-order valence-corrected chi connectivity index (χ1v) is 14.6. The Morgan fingerprint density at radius 2 is 1.60 bits per heavy atom. The largest absolute Gasteiger partial charge is 0.483 e. The van der Waals surface area contributed by atoms with Gasteiger partial charge in [0.05, 0.1) is 16.6 Å². The molecule has 3 heterocycles. The summed E-state index contributed by atoms with van der Waals surface area (Å²) in [5, 5.41) is 3.58. The van der Waals surface area contributed by atoms with Crippen LogP contribution >= 0.6 is 46.3 Å². The summed E-state index contributed by atoms with van der Waals surface area (Å²) in [7, 11) is 0. The zero-order valence-electron chi connectivity index (χ0n) is 20.4. The number of benzene rings is 3. The van der Waals surface area contributed by atoms with Gasteiger partial charge in [-0.2, -0.15) is 0 Å². The Bertz CT molecular complexity index is 1690. The van der Waals surface area contributed by atoms with Crippen molar-refractivity contribution in [2.24, 2.45) is 5.92 Å². The Balaban J connectivity index is 1.33. The minimum atomic E-state index is -0.792. The molecule has 2 N–H and O–H groups in total. The van der Waals surface area contributed by atoms with Crippen LogP contribution in [0.2, 0.25) is 10.0 Å². The van der Waals surface area contributed by atoms with Gasteiger partial charge in [0.25, 0.3) is 5.91 Å². The van der Waals surface area contributed by atoms with Crippen molar-refractivity contribution in [3.05, 3.63) is 103 Å². The highest BCUT2D eigenvalue weighted by molar-refractivity contribution is 8.00. The number of hydrogen-bond donors (Lipinski definition) is 2. The summed E-state index contributed by atoms with van der Waals surface area (Å²) in [5.74, 6) is -2.19. The molecular formula is C28H19Cl2N3O5S2. The first-order valence-electron chi connectivity index (χ1n) is 12.1. The van der Waals surface area contributed by atoms with Crippen molar-refractivity contribution in [3.63, 3.8) is 0 Å². The summed E-state index contributed by atoms with van der Waals surface area (Å²) in [6, 6.07) is 20.2. The van der Waals surface area contributed by atoms with E-state index in [1.165, 1.54) is 16.7 Å². The molecule has 3 atom stereocenters. The van der Waals surface area contributed by atoms with Crippen molar-refractivity contribution in [3.8, 4) is 5.75 Å². The number of carbonyl (C=O) groups is 3. The molecule has 0 bridgehead atoms. The fourth-order valence-corrected chi connectivity index (χ4v) is 7.70. The second-order valence-electron chi connectivity index (χ2n) is 9.12. The van der Waals surface area contributed by atoms with Crippen molar-refractivity contribution in [2.75, 3.05) is 16.8 Å². The first-order chi connectivity index (χ1) is 19.3. The minimum absolute atomic E-state index is 0.280. The molecule has 12 heteroatoms. The van der Waals surface area contributed by atoms with Crippen molar-refractivity contribution in [2.45, 2.75) is 16.2 Å². The highest BCUT2D eigenvalue weighted by Gasteiger charge is 2.56. The molecule has 2 aliphatic heterocycles. The SMILES string of the molecule is O=C(COc1ccccc1C1c2sc(=O)[nH]c2SC2C(=O)N(c3ccc(Cl)cc3)C(=O)C21)Nc1ccc(Cl)cc1. The van der Waals surface area contributed by atoms with Gasteiger partial charge in [0.1, 0.15) is 11.0 Å². The van der Waals surface area contributed by atoms with Gasteiger partial charge in [-0.05, 0) is 54.6 Å². The molecule has 3 amide bonds. The van der Waals surface area contributed by atoms with E-state index < -0.39 is 17.1 Å². The first kappa shape index (κ1) is 26.6. The van der Waals surface area contributed by atoms with E-state index in [1.807, 2.05) is 0 Å². The number of hydrogen-bond acceptors (Lipinski definition) is 7. The minimum Gasteiger partial charge on any atom is -0.483 e. The van der Waals surface area contributed by atoms with Crippen LogP contribution < -0.4 is 19.8 Å². The highest BCUT2D eigenvalue weighted by Crippen LogP contribution is 2.54. The van der Waals surface area contributed by atoms with Crippen LogP contribution in [0.4, 0.5) is 11.4 Å². The average molecular weight is 613 g/mol. The molecule has 1 saturated heterocycles. The van der Waals surface area contributed by atoms with Gasteiger partial charge in [0.2, 0.25) is 11.8 Å². The van der Waals surface area contributed by atoms with Crippen LogP contribution in [0.3, 0.4) is 0 Å². The van der Waals surface area contributed by atoms with Gasteiger partial charge in [0.15, 0.2) is 6.61 Å². The molecule has 0 radical (unpaired) electrons. The Morgan fingerprint density at radius 3 is 2.33 bits per heavy atom. The number of halogens is 2. The number of carbonyl (C=O) groups excluding carboxylic acids is 3.